The predicted molar refractivity (Wildman–Crippen MR) is 97.7 cm³/mol. The van der Waals surface area contributed by atoms with Crippen molar-refractivity contribution in [3.05, 3.63) is 48.3 Å². The van der Waals surface area contributed by atoms with Gasteiger partial charge in [-0.05, 0) is 37.1 Å². The van der Waals surface area contributed by atoms with E-state index in [1.54, 1.807) is 6.20 Å². The molecule has 2 fully saturated rings. The van der Waals surface area contributed by atoms with Crippen LogP contribution in [0.4, 0.5) is 11.6 Å². The number of para-hydroxylation sites is 2. The Morgan fingerprint density at radius 2 is 1.84 bits per heavy atom. The third-order valence-electron chi connectivity index (χ3n) is 4.97. The average molecular weight is 332 g/mol. The lowest BCUT2D eigenvalue weighted by Crippen LogP contribution is -2.50. The Bertz CT molecular complexity index is 884. The molecule has 1 aliphatic carbocycles. The molecular weight excluding hydrogens is 312 g/mol. The van der Waals surface area contributed by atoms with Gasteiger partial charge in [0.25, 0.3) is 0 Å². The van der Waals surface area contributed by atoms with Gasteiger partial charge in [0.15, 0.2) is 5.82 Å². The third-order valence-corrected chi connectivity index (χ3v) is 4.97. The number of hydrogen-bond donors (Lipinski definition) is 1. The van der Waals surface area contributed by atoms with Gasteiger partial charge in [-0.3, -0.25) is 4.98 Å². The molecular formula is C19H20N6. The van der Waals surface area contributed by atoms with Crippen molar-refractivity contribution < 1.29 is 0 Å². The molecule has 5 rings (SSSR count). The summed E-state index contributed by atoms with van der Waals surface area (Å²) >= 11 is 0. The lowest BCUT2D eigenvalue weighted by atomic mass is 10.0. The smallest absolute Gasteiger partial charge is 0.151 e. The summed E-state index contributed by atoms with van der Waals surface area (Å²) in [5, 5.41) is 12.2. The highest BCUT2D eigenvalue weighted by Gasteiger charge is 2.29. The summed E-state index contributed by atoms with van der Waals surface area (Å²) < 4.78 is 0. The molecule has 3 aromatic rings. The highest BCUT2D eigenvalue weighted by Crippen LogP contribution is 2.38. The van der Waals surface area contributed by atoms with Crippen LogP contribution < -0.4 is 10.2 Å². The first-order valence-corrected chi connectivity index (χ1v) is 8.89. The fourth-order valence-corrected chi connectivity index (χ4v) is 3.28. The normalized spacial score (nSPS) is 17.5. The molecule has 25 heavy (non-hydrogen) atoms. The maximum atomic E-state index is 4.61. The molecule has 0 radical (unpaired) electrons. The van der Waals surface area contributed by atoms with Gasteiger partial charge in [0.2, 0.25) is 0 Å². The molecule has 1 N–H and O–H groups in total. The van der Waals surface area contributed by atoms with E-state index < -0.39 is 0 Å². The van der Waals surface area contributed by atoms with Gasteiger partial charge in [0.05, 0.1) is 22.9 Å². The Balaban J connectivity index is 1.15. The molecule has 6 heteroatoms. The predicted octanol–water partition coefficient (Wildman–Crippen LogP) is 2.85. The molecule has 1 aromatic carbocycles. The van der Waals surface area contributed by atoms with Gasteiger partial charge in [0.1, 0.15) is 5.82 Å². The van der Waals surface area contributed by atoms with Crippen molar-refractivity contribution >= 4 is 22.7 Å². The summed E-state index contributed by atoms with van der Waals surface area (Å²) in [7, 11) is 0. The van der Waals surface area contributed by atoms with E-state index >= 15 is 0 Å². The van der Waals surface area contributed by atoms with Crippen molar-refractivity contribution in [2.45, 2.75) is 18.8 Å². The molecule has 0 unspecified atom stereocenters. The van der Waals surface area contributed by atoms with Crippen LogP contribution in [0.25, 0.3) is 11.0 Å². The average Bonchev–Trinajstić information content (AvgIpc) is 3.46. The van der Waals surface area contributed by atoms with E-state index in [1.807, 2.05) is 24.3 Å². The van der Waals surface area contributed by atoms with Gasteiger partial charge in [-0.25, -0.2) is 4.98 Å². The lowest BCUT2D eigenvalue weighted by Gasteiger charge is -2.40. The summed E-state index contributed by atoms with van der Waals surface area (Å²) in [5.41, 5.74) is 3.00. The van der Waals surface area contributed by atoms with Gasteiger partial charge in [-0.1, -0.05) is 12.1 Å². The van der Waals surface area contributed by atoms with Crippen molar-refractivity contribution in [3.63, 3.8) is 0 Å². The Morgan fingerprint density at radius 3 is 2.60 bits per heavy atom. The fourth-order valence-electron chi connectivity index (χ4n) is 3.28. The Hall–Kier alpha value is -2.76. The van der Waals surface area contributed by atoms with Crippen molar-refractivity contribution in [3.8, 4) is 0 Å². The Labute approximate surface area is 146 Å². The molecule has 0 spiro atoms. The maximum absolute atomic E-state index is 4.61. The number of hydrogen-bond acceptors (Lipinski definition) is 6. The number of anilines is 2. The van der Waals surface area contributed by atoms with Crippen molar-refractivity contribution in [2.24, 2.45) is 5.92 Å². The highest BCUT2D eigenvalue weighted by molar-refractivity contribution is 5.75. The molecule has 3 heterocycles. The molecule has 0 bridgehead atoms. The van der Waals surface area contributed by atoms with Crippen LogP contribution in [0, 0.1) is 5.92 Å². The molecule has 1 saturated carbocycles. The van der Waals surface area contributed by atoms with E-state index in [9.17, 15) is 0 Å². The second-order valence-electron chi connectivity index (χ2n) is 6.99. The Morgan fingerprint density at radius 1 is 1.00 bits per heavy atom. The fraction of sp³-hybridized carbons (Fsp3) is 0.368. The molecule has 2 aromatic heterocycles. The monoisotopic (exact) mass is 332 g/mol. The minimum atomic E-state index is 0.596. The van der Waals surface area contributed by atoms with Crippen LogP contribution in [-0.2, 0) is 0 Å². The molecule has 6 nitrogen and oxygen atoms in total. The van der Waals surface area contributed by atoms with Crippen LogP contribution in [-0.4, -0.2) is 39.8 Å². The van der Waals surface area contributed by atoms with Gasteiger partial charge in [-0.2, -0.15) is 5.10 Å². The van der Waals surface area contributed by atoms with Crippen molar-refractivity contribution in [2.75, 3.05) is 29.9 Å². The quantitative estimate of drug-likeness (QED) is 0.775. The molecule has 0 amide bonds. The summed E-state index contributed by atoms with van der Waals surface area (Å²) in [6.07, 6.45) is 4.34. The molecule has 0 atom stereocenters. The molecule has 1 aliphatic heterocycles. The van der Waals surface area contributed by atoms with E-state index in [0.29, 0.717) is 11.8 Å². The molecule has 2 aliphatic rings. The van der Waals surface area contributed by atoms with Gasteiger partial charge in [0, 0.05) is 31.5 Å². The minimum Gasteiger partial charge on any atom is -0.368 e. The molecule has 1 saturated heterocycles. The van der Waals surface area contributed by atoms with Crippen LogP contribution >= 0.6 is 0 Å². The zero-order valence-corrected chi connectivity index (χ0v) is 14.0. The first-order valence-electron chi connectivity index (χ1n) is 8.89. The van der Waals surface area contributed by atoms with E-state index in [1.165, 1.54) is 12.8 Å². The van der Waals surface area contributed by atoms with Gasteiger partial charge in [-0.15, -0.1) is 5.10 Å². The zero-order chi connectivity index (χ0) is 16.6. The maximum Gasteiger partial charge on any atom is 0.151 e. The summed E-state index contributed by atoms with van der Waals surface area (Å²) in [5.74, 6) is 3.09. The van der Waals surface area contributed by atoms with Crippen LogP contribution in [0.15, 0.2) is 42.6 Å². The summed E-state index contributed by atoms with van der Waals surface area (Å²) in [4.78, 5) is 11.3. The summed E-state index contributed by atoms with van der Waals surface area (Å²) in [6, 6.07) is 12.2. The highest BCUT2D eigenvalue weighted by atomic mass is 15.3. The van der Waals surface area contributed by atoms with Crippen molar-refractivity contribution in [1.82, 2.24) is 20.2 Å². The van der Waals surface area contributed by atoms with E-state index in [2.05, 4.69) is 42.5 Å². The number of rotatable bonds is 5. The second kappa shape index (κ2) is 5.95. The minimum absolute atomic E-state index is 0.596. The van der Waals surface area contributed by atoms with E-state index in [-0.39, 0.29) is 0 Å². The number of fused-ring (bicyclic) bond motifs is 1. The van der Waals surface area contributed by atoms with Crippen LogP contribution in [0.3, 0.4) is 0 Å². The number of nitrogens with zero attached hydrogens (tertiary/aromatic N) is 5. The SMILES string of the molecule is c1ccc2nc(NCC3CN(c4ccc(C5CC5)nn4)C3)cnc2c1. The van der Waals surface area contributed by atoms with Gasteiger partial charge >= 0.3 is 0 Å². The van der Waals surface area contributed by atoms with Crippen LogP contribution in [0.2, 0.25) is 0 Å². The molecule has 126 valence electrons. The van der Waals surface area contributed by atoms with Crippen LogP contribution in [0.1, 0.15) is 24.5 Å². The standard InChI is InChI=1S/C19H20N6/c1-2-4-17-16(3-1)20-10-18(22-17)21-9-13-11-25(12-13)19-8-7-15(23-24-19)14-5-6-14/h1-4,7-8,10,13-14H,5-6,9,11-12H2,(H,21,22). The van der Waals surface area contributed by atoms with E-state index in [0.717, 1.165) is 48.0 Å². The number of nitrogens with one attached hydrogen (secondary N) is 1. The first kappa shape index (κ1) is 14.6. The zero-order valence-electron chi connectivity index (χ0n) is 14.0. The third kappa shape index (κ3) is 2.99. The Kier molecular flexibility index (Phi) is 3.47. The van der Waals surface area contributed by atoms with E-state index in [4.69, 9.17) is 0 Å². The number of benzene rings is 1. The largest absolute Gasteiger partial charge is 0.368 e. The summed E-state index contributed by atoms with van der Waals surface area (Å²) in [6.45, 7) is 2.91. The first-order chi connectivity index (χ1) is 12.3. The topological polar surface area (TPSA) is 66.8 Å². The lowest BCUT2D eigenvalue weighted by molar-refractivity contribution is 0.425. The van der Waals surface area contributed by atoms with Crippen molar-refractivity contribution in [1.29, 1.82) is 0 Å². The van der Waals surface area contributed by atoms with Crippen LogP contribution in [0.5, 0.6) is 0 Å². The number of aromatic nitrogens is 4. The van der Waals surface area contributed by atoms with Gasteiger partial charge < -0.3 is 10.2 Å². The second-order valence-corrected chi connectivity index (χ2v) is 6.99.